The molecule has 1 aromatic carbocycles. The average molecular weight is 461 g/mol. The van der Waals surface area contributed by atoms with E-state index in [-0.39, 0.29) is 18.9 Å². The number of halogens is 1. The van der Waals surface area contributed by atoms with Gasteiger partial charge in [-0.1, -0.05) is 30.1 Å². The predicted octanol–water partition coefficient (Wildman–Crippen LogP) is 4.50. The average Bonchev–Trinajstić information content (AvgIpc) is 3.43. The molecule has 0 atom stereocenters. The van der Waals surface area contributed by atoms with Crippen molar-refractivity contribution < 1.29 is 9.32 Å². The van der Waals surface area contributed by atoms with E-state index in [9.17, 15) is 4.79 Å². The Morgan fingerprint density at radius 2 is 2.06 bits per heavy atom. The fourth-order valence-electron chi connectivity index (χ4n) is 3.23. The van der Waals surface area contributed by atoms with Gasteiger partial charge in [-0.2, -0.15) is 10.1 Å². The molecule has 1 aliphatic rings. The molecule has 2 heterocycles. The van der Waals surface area contributed by atoms with Crippen LogP contribution in [0.5, 0.6) is 0 Å². The van der Waals surface area contributed by atoms with E-state index in [1.807, 2.05) is 28.8 Å². The summed E-state index contributed by atoms with van der Waals surface area (Å²) in [4.78, 5) is 16.6. The van der Waals surface area contributed by atoms with Gasteiger partial charge in [-0.15, -0.1) is 0 Å². The Hall–Kier alpha value is -2.52. The van der Waals surface area contributed by atoms with Crippen LogP contribution in [0.1, 0.15) is 56.7 Å². The van der Waals surface area contributed by atoms with Gasteiger partial charge in [0.2, 0.25) is 11.8 Å². The molecule has 1 N–H and O–H groups in total. The number of carbonyl (C=O) groups is 1. The van der Waals surface area contributed by atoms with Crippen LogP contribution in [0.3, 0.4) is 0 Å². The smallest absolute Gasteiger partial charge is 0.246 e. The summed E-state index contributed by atoms with van der Waals surface area (Å²) >= 11 is 11.7. The molecule has 1 aliphatic carbocycles. The summed E-state index contributed by atoms with van der Waals surface area (Å²) in [5.74, 6) is 2.26. The van der Waals surface area contributed by atoms with Crippen molar-refractivity contribution in [2.24, 2.45) is 0 Å². The summed E-state index contributed by atoms with van der Waals surface area (Å²) in [6, 6.07) is 7.53. The Kier molecular flexibility index (Phi) is 6.82. The van der Waals surface area contributed by atoms with Gasteiger partial charge in [0.15, 0.2) is 16.4 Å². The van der Waals surface area contributed by atoms with Gasteiger partial charge >= 0.3 is 0 Å². The fourth-order valence-corrected chi connectivity index (χ4v) is 3.67. The molecule has 4 rings (SSSR count). The molecule has 0 unspecified atom stereocenters. The molecule has 0 radical (unpaired) electrons. The topological polar surface area (TPSA) is 90.8 Å². The molecule has 0 spiro atoms. The highest BCUT2D eigenvalue weighted by molar-refractivity contribution is 7.71. The fraction of sp³-hybridized carbons (Fsp3) is 0.476. The molecule has 8 nitrogen and oxygen atoms in total. The second-order valence-electron chi connectivity index (χ2n) is 7.69. The van der Waals surface area contributed by atoms with Gasteiger partial charge in [0.25, 0.3) is 0 Å². The minimum Gasteiger partial charge on any atom is -0.347 e. The maximum atomic E-state index is 12.3. The maximum Gasteiger partial charge on any atom is 0.246 e. The molecular weight excluding hydrogens is 436 g/mol. The third-order valence-electron chi connectivity index (χ3n) is 5.17. The third-order valence-corrected chi connectivity index (χ3v) is 5.86. The van der Waals surface area contributed by atoms with E-state index >= 15 is 0 Å². The van der Waals surface area contributed by atoms with Crippen LogP contribution >= 0.6 is 23.8 Å². The van der Waals surface area contributed by atoms with Crippen LogP contribution in [0.15, 0.2) is 28.8 Å². The predicted molar refractivity (Wildman–Crippen MR) is 119 cm³/mol. The first-order valence-corrected chi connectivity index (χ1v) is 11.4. The van der Waals surface area contributed by atoms with Crippen molar-refractivity contribution in [1.29, 1.82) is 0 Å². The highest BCUT2D eigenvalue weighted by atomic mass is 35.5. The third kappa shape index (κ3) is 5.40. The lowest BCUT2D eigenvalue weighted by Crippen LogP contribution is -2.24. The normalized spacial score (nSPS) is 13.5. The van der Waals surface area contributed by atoms with Crippen molar-refractivity contribution >= 4 is 29.7 Å². The number of unbranched alkanes of at least 4 members (excludes halogenated alkanes) is 1. The van der Waals surface area contributed by atoms with Gasteiger partial charge in [0.05, 0.1) is 13.1 Å². The quantitative estimate of drug-likeness (QED) is 0.448. The Morgan fingerprint density at radius 3 is 2.77 bits per heavy atom. The SMILES string of the molecule is CCCCn1c(-c2ccc(Cl)cc2)nn(CCC(=O)NCc2nc(C3CC3)no2)c1=S. The van der Waals surface area contributed by atoms with Crippen LogP contribution in [-0.2, 0) is 24.4 Å². The van der Waals surface area contributed by atoms with E-state index in [0.717, 1.165) is 49.4 Å². The van der Waals surface area contributed by atoms with Crippen LogP contribution in [0.2, 0.25) is 5.02 Å². The number of hydrogen-bond donors (Lipinski definition) is 1. The van der Waals surface area contributed by atoms with Gasteiger partial charge in [0, 0.05) is 29.5 Å². The summed E-state index contributed by atoms with van der Waals surface area (Å²) < 4.78 is 9.54. The van der Waals surface area contributed by atoms with Crippen molar-refractivity contribution in [1.82, 2.24) is 29.8 Å². The number of rotatable bonds is 10. The molecule has 164 valence electrons. The van der Waals surface area contributed by atoms with E-state index in [0.29, 0.717) is 28.1 Å². The van der Waals surface area contributed by atoms with Crippen molar-refractivity contribution in [3.63, 3.8) is 0 Å². The molecule has 31 heavy (non-hydrogen) atoms. The number of nitrogens with one attached hydrogen (secondary N) is 1. The van der Waals surface area contributed by atoms with E-state index < -0.39 is 0 Å². The number of aryl methyl sites for hydroxylation is 1. The van der Waals surface area contributed by atoms with E-state index in [4.69, 9.17) is 33.4 Å². The standard InChI is InChI=1S/C21H25ClN6O2S/c1-2-3-11-27-20(15-6-8-16(22)9-7-15)25-28(21(27)31)12-10-17(29)23-13-18-24-19(26-30-18)14-4-5-14/h6-9,14H,2-5,10-13H2,1H3,(H,23,29). The number of nitrogens with zero attached hydrogens (tertiary/aromatic N) is 5. The lowest BCUT2D eigenvalue weighted by molar-refractivity contribution is -0.121. The zero-order valence-electron chi connectivity index (χ0n) is 17.4. The van der Waals surface area contributed by atoms with Crippen LogP contribution < -0.4 is 5.32 Å². The molecule has 3 aromatic rings. The van der Waals surface area contributed by atoms with E-state index in [2.05, 4.69) is 22.4 Å². The van der Waals surface area contributed by atoms with Crippen LogP contribution in [0, 0.1) is 4.77 Å². The number of hydrogen-bond acceptors (Lipinski definition) is 6. The first-order chi connectivity index (χ1) is 15.0. The van der Waals surface area contributed by atoms with Gasteiger partial charge in [0.1, 0.15) is 0 Å². The number of aromatic nitrogens is 5. The zero-order chi connectivity index (χ0) is 21.8. The molecule has 0 saturated heterocycles. The van der Waals surface area contributed by atoms with Crippen molar-refractivity contribution in [2.75, 3.05) is 0 Å². The van der Waals surface area contributed by atoms with Crippen LogP contribution in [0.4, 0.5) is 0 Å². The first kappa shape index (κ1) is 21.7. The molecule has 1 saturated carbocycles. The van der Waals surface area contributed by atoms with Crippen LogP contribution in [-0.4, -0.2) is 30.4 Å². The summed E-state index contributed by atoms with van der Waals surface area (Å²) in [6.45, 7) is 3.53. The van der Waals surface area contributed by atoms with E-state index in [1.54, 1.807) is 4.68 Å². The monoisotopic (exact) mass is 460 g/mol. The minimum absolute atomic E-state index is 0.121. The molecule has 0 bridgehead atoms. The second kappa shape index (κ2) is 9.74. The maximum absolute atomic E-state index is 12.3. The van der Waals surface area contributed by atoms with Gasteiger partial charge in [-0.3, -0.25) is 9.36 Å². The van der Waals surface area contributed by atoms with Gasteiger partial charge in [-0.05, 0) is 55.7 Å². The lowest BCUT2D eigenvalue weighted by atomic mass is 10.2. The number of benzene rings is 1. The number of carbonyl (C=O) groups excluding carboxylic acids is 1. The second-order valence-corrected chi connectivity index (χ2v) is 8.49. The van der Waals surface area contributed by atoms with E-state index in [1.165, 1.54) is 0 Å². The molecule has 0 aliphatic heterocycles. The Labute approximate surface area is 190 Å². The molecule has 1 amide bonds. The van der Waals surface area contributed by atoms with Crippen molar-refractivity contribution in [3.05, 3.63) is 45.8 Å². The minimum atomic E-state index is -0.121. The first-order valence-electron chi connectivity index (χ1n) is 10.6. The highest BCUT2D eigenvalue weighted by Gasteiger charge is 2.28. The van der Waals surface area contributed by atoms with Crippen molar-refractivity contribution in [3.8, 4) is 11.4 Å². The summed E-state index contributed by atoms with van der Waals surface area (Å²) in [5.41, 5.74) is 0.942. The Bertz CT molecular complexity index is 1100. The Balaban J connectivity index is 1.40. The summed E-state index contributed by atoms with van der Waals surface area (Å²) in [7, 11) is 0. The summed E-state index contributed by atoms with van der Waals surface area (Å²) in [5, 5.41) is 12.1. The van der Waals surface area contributed by atoms with Gasteiger partial charge in [-0.25, -0.2) is 4.68 Å². The van der Waals surface area contributed by atoms with Crippen molar-refractivity contribution in [2.45, 2.75) is 64.6 Å². The highest BCUT2D eigenvalue weighted by Crippen LogP contribution is 2.38. The lowest BCUT2D eigenvalue weighted by Gasteiger charge is -2.05. The van der Waals surface area contributed by atoms with Gasteiger partial charge < -0.3 is 9.84 Å². The zero-order valence-corrected chi connectivity index (χ0v) is 19.0. The molecule has 1 fully saturated rings. The van der Waals surface area contributed by atoms with Crippen LogP contribution in [0.25, 0.3) is 11.4 Å². The largest absolute Gasteiger partial charge is 0.347 e. The molecule has 2 aromatic heterocycles. The Morgan fingerprint density at radius 1 is 1.29 bits per heavy atom. The molecule has 10 heteroatoms. The molecular formula is C21H25ClN6O2S. The summed E-state index contributed by atoms with van der Waals surface area (Å²) in [6.07, 6.45) is 4.51. The number of amides is 1.